The molecule has 0 bridgehead atoms. The molecule has 90 valence electrons. The number of anilines is 1. The van der Waals surface area contributed by atoms with Gasteiger partial charge in [-0.3, -0.25) is 4.79 Å². The number of para-hydroxylation sites is 1. The molecule has 0 saturated heterocycles. The third-order valence-electron chi connectivity index (χ3n) is 3.08. The number of carbonyl (C=O) groups is 1. The van der Waals surface area contributed by atoms with Crippen LogP contribution in [0.4, 0.5) is 5.69 Å². The maximum Gasteiger partial charge on any atom is 0.212 e. The molecule has 1 aliphatic heterocycles. The highest BCUT2D eigenvalue weighted by atomic mass is 16.1. The number of ketones is 1. The summed E-state index contributed by atoms with van der Waals surface area (Å²) in [6, 6.07) is 18.6. The van der Waals surface area contributed by atoms with Crippen LogP contribution >= 0.6 is 0 Å². The van der Waals surface area contributed by atoms with Gasteiger partial charge >= 0.3 is 0 Å². The quantitative estimate of drug-likeness (QED) is 0.620. The minimum atomic E-state index is -0.129. The molecule has 0 aliphatic carbocycles. The van der Waals surface area contributed by atoms with Crippen LogP contribution in [0.15, 0.2) is 60.3 Å². The summed E-state index contributed by atoms with van der Waals surface area (Å²) in [7, 11) is 0. The molecule has 3 heteroatoms. The summed E-state index contributed by atoms with van der Waals surface area (Å²) in [6.07, 6.45) is 0. The van der Waals surface area contributed by atoms with E-state index in [1.54, 1.807) is 6.07 Å². The molecule has 3 nitrogen and oxygen atoms in total. The van der Waals surface area contributed by atoms with Gasteiger partial charge in [0.25, 0.3) is 0 Å². The van der Waals surface area contributed by atoms with Gasteiger partial charge in [0.15, 0.2) is 0 Å². The van der Waals surface area contributed by atoms with Crippen molar-refractivity contribution in [3.05, 3.63) is 71.4 Å². The maximum atomic E-state index is 12.3. The summed E-state index contributed by atoms with van der Waals surface area (Å²) in [5.41, 5.74) is 2.85. The molecule has 3 rings (SSSR count). The lowest BCUT2D eigenvalue weighted by molar-refractivity contribution is 0.104. The van der Waals surface area contributed by atoms with Crippen molar-refractivity contribution in [1.29, 1.82) is 5.26 Å². The fourth-order valence-corrected chi connectivity index (χ4v) is 2.16. The fourth-order valence-electron chi connectivity index (χ4n) is 2.16. The van der Waals surface area contributed by atoms with Crippen molar-refractivity contribution in [1.82, 2.24) is 0 Å². The topological polar surface area (TPSA) is 52.9 Å². The van der Waals surface area contributed by atoms with Crippen molar-refractivity contribution in [2.45, 2.75) is 0 Å². The van der Waals surface area contributed by atoms with Gasteiger partial charge in [-0.25, -0.2) is 0 Å². The van der Waals surface area contributed by atoms with Crippen molar-refractivity contribution in [2.75, 3.05) is 5.32 Å². The van der Waals surface area contributed by atoms with Gasteiger partial charge in [-0.15, -0.1) is 0 Å². The number of hydrogen-bond donors (Lipinski definition) is 1. The molecule has 0 spiro atoms. The van der Waals surface area contributed by atoms with E-state index in [1.165, 1.54) is 0 Å². The van der Waals surface area contributed by atoms with Crippen LogP contribution in [0.1, 0.15) is 15.9 Å². The number of allylic oxidation sites excluding steroid dienone is 2. The molecule has 0 aromatic heterocycles. The predicted octanol–water partition coefficient (Wildman–Crippen LogP) is 3.23. The molecule has 1 N–H and O–H groups in total. The molecule has 1 aliphatic rings. The second-order valence-electron chi connectivity index (χ2n) is 4.23. The largest absolute Gasteiger partial charge is 0.351 e. The van der Waals surface area contributed by atoms with Gasteiger partial charge in [-0.1, -0.05) is 42.5 Å². The van der Waals surface area contributed by atoms with Crippen LogP contribution in [0.2, 0.25) is 0 Å². The van der Waals surface area contributed by atoms with Gasteiger partial charge in [0, 0.05) is 11.3 Å². The fraction of sp³-hybridized carbons (Fsp3) is 0. The summed E-state index contributed by atoms with van der Waals surface area (Å²) in [5.74, 6) is -0.129. The second-order valence-corrected chi connectivity index (χ2v) is 4.23. The van der Waals surface area contributed by atoms with Crippen LogP contribution in [0.3, 0.4) is 0 Å². The number of Topliss-reactive ketones (excluding diaryl/α,β-unsaturated/α-hetero) is 1. The smallest absolute Gasteiger partial charge is 0.212 e. The van der Waals surface area contributed by atoms with Crippen molar-refractivity contribution in [2.24, 2.45) is 0 Å². The van der Waals surface area contributed by atoms with E-state index in [-0.39, 0.29) is 5.78 Å². The van der Waals surface area contributed by atoms with E-state index in [4.69, 9.17) is 0 Å². The molecular weight excluding hydrogens is 236 g/mol. The molecule has 0 atom stereocenters. The molecule has 0 radical (unpaired) electrons. The SMILES string of the molecule is N#C/C(=C1/Nc2ccccc2C1=O)c1ccccc1. The van der Waals surface area contributed by atoms with Crippen LogP contribution in [-0.4, -0.2) is 5.78 Å². The number of nitriles is 1. The Kier molecular flexibility index (Phi) is 2.62. The van der Waals surface area contributed by atoms with Crippen LogP contribution in [-0.2, 0) is 0 Å². The first-order valence-corrected chi connectivity index (χ1v) is 5.92. The first-order valence-electron chi connectivity index (χ1n) is 5.92. The van der Waals surface area contributed by atoms with Crippen molar-refractivity contribution in [3.8, 4) is 6.07 Å². The van der Waals surface area contributed by atoms with E-state index in [0.29, 0.717) is 16.8 Å². The normalized spacial score (nSPS) is 15.4. The zero-order valence-electron chi connectivity index (χ0n) is 10.1. The van der Waals surface area contributed by atoms with Gasteiger partial charge in [-0.2, -0.15) is 5.26 Å². The number of nitrogens with zero attached hydrogens (tertiary/aromatic N) is 1. The van der Waals surface area contributed by atoms with Crippen LogP contribution in [0.5, 0.6) is 0 Å². The van der Waals surface area contributed by atoms with Gasteiger partial charge in [0.1, 0.15) is 11.8 Å². The molecule has 0 fully saturated rings. The second kappa shape index (κ2) is 4.43. The van der Waals surface area contributed by atoms with E-state index in [9.17, 15) is 10.1 Å². The van der Waals surface area contributed by atoms with E-state index >= 15 is 0 Å². The van der Waals surface area contributed by atoms with Crippen LogP contribution < -0.4 is 5.32 Å². The zero-order valence-corrected chi connectivity index (χ0v) is 10.1. The summed E-state index contributed by atoms with van der Waals surface area (Å²) >= 11 is 0. The van der Waals surface area contributed by atoms with E-state index in [0.717, 1.165) is 11.3 Å². The summed E-state index contributed by atoms with van der Waals surface area (Å²) < 4.78 is 0. The average Bonchev–Trinajstić information content (AvgIpc) is 2.79. The van der Waals surface area contributed by atoms with Gasteiger partial charge in [0.05, 0.1) is 5.57 Å². The van der Waals surface area contributed by atoms with Gasteiger partial charge < -0.3 is 5.32 Å². The molecule has 0 unspecified atom stereocenters. The highest BCUT2D eigenvalue weighted by Gasteiger charge is 2.27. The molecule has 2 aromatic carbocycles. The monoisotopic (exact) mass is 246 g/mol. The molecule has 2 aromatic rings. The Morgan fingerprint density at radius 3 is 2.37 bits per heavy atom. The lowest BCUT2D eigenvalue weighted by atomic mass is 10.0. The summed E-state index contributed by atoms with van der Waals surface area (Å²) in [4.78, 5) is 12.3. The van der Waals surface area contributed by atoms with E-state index in [1.807, 2.05) is 48.5 Å². The first-order chi connectivity index (χ1) is 9.31. The lowest BCUT2D eigenvalue weighted by Gasteiger charge is -2.03. The minimum Gasteiger partial charge on any atom is -0.351 e. The van der Waals surface area contributed by atoms with E-state index < -0.39 is 0 Å². The van der Waals surface area contributed by atoms with Crippen LogP contribution in [0, 0.1) is 11.3 Å². The Balaban J connectivity index is 2.15. The number of hydrogen-bond acceptors (Lipinski definition) is 3. The first kappa shape index (κ1) is 11.2. The van der Waals surface area contributed by atoms with Gasteiger partial charge in [-0.05, 0) is 17.7 Å². The molecule has 0 amide bonds. The highest BCUT2D eigenvalue weighted by molar-refractivity contribution is 6.23. The Morgan fingerprint density at radius 1 is 1.00 bits per heavy atom. The maximum absolute atomic E-state index is 12.3. The molecule has 0 saturated carbocycles. The predicted molar refractivity (Wildman–Crippen MR) is 73.4 cm³/mol. The number of benzene rings is 2. The van der Waals surface area contributed by atoms with Crippen molar-refractivity contribution >= 4 is 17.0 Å². The van der Waals surface area contributed by atoms with Gasteiger partial charge in [0.2, 0.25) is 5.78 Å². The highest BCUT2D eigenvalue weighted by Crippen LogP contribution is 2.31. The Labute approximate surface area is 110 Å². The van der Waals surface area contributed by atoms with Crippen LogP contribution in [0.25, 0.3) is 5.57 Å². The Hall–Kier alpha value is -2.86. The zero-order chi connectivity index (χ0) is 13.2. The number of carbonyl (C=O) groups excluding carboxylic acids is 1. The molecular formula is C16H10N2O. The molecule has 1 heterocycles. The lowest BCUT2D eigenvalue weighted by Crippen LogP contribution is -2.04. The third kappa shape index (κ3) is 1.80. The minimum absolute atomic E-state index is 0.129. The average molecular weight is 246 g/mol. The number of rotatable bonds is 1. The summed E-state index contributed by atoms with van der Waals surface area (Å²) in [5, 5.41) is 12.4. The van der Waals surface area contributed by atoms with Crippen molar-refractivity contribution < 1.29 is 4.79 Å². The number of nitrogens with one attached hydrogen (secondary N) is 1. The Morgan fingerprint density at radius 2 is 1.68 bits per heavy atom. The third-order valence-corrected chi connectivity index (χ3v) is 3.08. The molecule has 19 heavy (non-hydrogen) atoms. The number of fused-ring (bicyclic) bond motifs is 1. The van der Waals surface area contributed by atoms with E-state index in [2.05, 4.69) is 11.4 Å². The summed E-state index contributed by atoms with van der Waals surface area (Å²) in [6.45, 7) is 0. The Bertz CT molecular complexity index is 724. The standard InChI is InChI=1S/C16H10N2O/c17-10-13(11-6-2-1-3-7-11)15-16(19)12-8-4-5-9-14(12)18-15/h1-9,18H/b15-13-. The van der Waals surface area contributed by atoms with Crippen molar-refractivity contribution in [3.63, 3.8) is 0 Å².